The van der Waals surface area contributed by atoms with Crippen LogP contribution in [0.4, 0.5) is 5.69 Å². The Kier molecular flexibility index (Phi) is 6.74. The maximum atomic E-state index is 12.1. The van der Waals surface area contributed by atoms with E-state index in [-0.39, 0.29) is 11.4 Å². The van der Waals surface area contributed by atoms with Crippen molar-refractivity contribution in [3.8, 4) is 11.5 Å². The number of non-ortho nitro benzene ring substituents is 1. The van der Waals surface area contributed by atoms with Crippen LogP contribution in [0.2, 0.25) is 0 Å². The van der Waals surface area contributed by atoms with Crippen LogP contribution in [0.5, 0.6) is 11.5 Å². The van der Waals surface area contributed by atoms with Crippen molar-refractivity contribution in [3.63, 3.8) is 0 Å². The summed E-state index contributed by atoms with van der Waals surface area (Å²) < 4.78 is 10.4. The number of hydrogen-bond acceptors (Lipinski definition) is 5. The molecule has 0 aliphatic heterocycles. The number of ether oxygens (including phenoxy) is 2. The molecule has 0 spiro atoms. The molecule has 150 valence electrons. The van der Waals surface area contributed by atoms with E-state index < -0.39 is 10.9 Å². The third-order valence-electron chi connectivity index (χ3n) is 4.25. The summed E-state index contributed by atoms with van der Waals surface area (Å²) in [6.07, 6.45) is 4.74. The molecule has 6 heteroatoms. The number of nitro groups is 1. The molecule has 3 aromatic rings. The molecule has 6 nitrogen and oxygen atoms in total. The number of nitrogens with zero attached hydrogens (tertiary/aromatic N) is 1. The van der Waals surface area contributed by atoms with Gasteiger partial charge in [-0.3, -0.25) is 10.1 Å². The van der Waals surface area contributed by atoms with Crippen molar-refractivity contribution in [2.75, 3.05) is 7.11 Å². The lowest BCUT2D eigenvalue weighted by molar-refractivity contribution is -0.384. The van der Waals surface area contributed by atoms with Crippen LogP contribution in [0.1, 0.15) is 11.1 Å². The second kappa shape index (κ2) is 9.84. The topological polar surface area (TPSA) is 78.7 Å². The SMILES string of the molecule is COc1ccc(C(=CC=CC(=O)Oc2ccc([N+](=O)[O-])cc2)c2ccccc2)cc1. The summed E-state index contributed by atoms with van der Waals surface area (Å²) in [6.45, 7) is 0. The smallest absolute Gasteiger partial charge is 0.336 e. The zero-order chi connectivity index (χ0) is 21.3. The van der Waals surface area contributed by atoms with Crippen molar-refractivity contribution in [2.24, 2.45) is 0 Å². The van der Waals surface area contributed by atoms with Gasteiger partial charge in [-0.1, -0.05) is 54.6 Å². The number of nitro benzene ring substituents is 1. The van der Waals surface area contributed by atoms with Gasteiger partial charge >= 0.3 is 5.97 Å². The molecule has 0 radical (unpaired) electrons. The molecule has 0 saturated carbocycles. The van der Waals surface area contributed by atoms with Gasteiger partial charge in [0.1, 0.15) is 11.5 Å². The molecule has 0 bridgehead atoms. The molecule has 0 fully saturated rings. The highest BCUT2D eigenvalue weighted by Gasteiger charge is 2.07. The third-order valence-corrected chi connectivity index (χ3v) is 4.25. The predicted octanol–water partition coefficient (Wildman–Crippen LogP) is 5.20. The third kappa shape index (κ3) is 5.42. The fraction of sp³-hybridized carbons (Fsp3) is 0.0417. The van der Waals surface area contributed by atoms with Gasteiger partial charge in [0.25, 0.3) is 5.69 Å². The standard InChI is InChI=1S/C24H19NO5/c1-29-21-14-10-19(11-15-21)23(18-6-3-2-4-7-18)8-5-9-24(26)30-22-16-12-20(13-17-22)25(27)28/h2-17H,1H3. The van der Waals surface area contributed by atoms with Crippen molar-refractivity contribution in [1.29, 1.82) is 0 Å². The van der Waals surface area contributed by atoms with Gasteiger partial charge in [0.2, 0.25) is 0 Å². The molecule has 0 saturated heterocycles. The van der Waals surface area contributed by atoms with Gasteiger partial charge in [0.15, 0.2) is 0 Å². The Balaban J connectivity index is 1.78. The summed E-state index contributed by atoms with van der Waals surface area (Å²) in [4.78, 5) is 22.2. The molecule has 0 aromatic heterocycles. The molecular weight excluding hydrogens is 382 g/mol. The summed E-state index contributed by atoms with van der Waals surface area (Å²) in [7, 11) is 1.61. The number of carbonyl (C=O) groups is 1. The van der Waals surface area contributed by atoms with Crippen LogP contribution in [0.15, 0.2) is 97.1 Å². The summed E-state index contributed by atoms with van der Waals surface area (Å²) in [6, 6.07) is 22.8. The maximum Gasteiger partial charge on any atom is 0.336 e. The number of methoxy groups -OCH3 is 1. The Morgan fingerprint density at radius 1 is 0.867 bits per heavy atom. The minimum atomic E-state index is -0.581. The van der Waals surface area contributed by atoms with Crippen LogP contribution in [0.3, 0.4) is 0 Å². The summed E-state index contributed by atoms with van der Waals surface area (Å²) in [5.41, 5.74) is 2.82. The zero-order valence-electron chi connectivity index (χ0n) is 16.2. The van der Waals surface area contributed by atoms with E-state index in [0.717, 1.165) is 22.4 Å². The first kappa shape index (κ1) is 20.5. The zero-order valence-corrected chi connectivity index (χ0v) is 16.2. The molecule has 0 unspecified atom stereocenters. The van der Waals surface area contributed by atoms with Gasteiger partial charge in [-0.25, -0.2) is 4.79 Å². The lowest BCUT2D eigenvalue weighted by Crippen LogP contribution is -2.03. The van der Waals surface area contributed by atoms with E-state index in [1.165, 1.54) is 30.3 Å². The Labute approximate surface area is 173 Å². The minimum Gasteiger partial charge on any atom is -0.497 e. The van der Waals surface area contributed by atoms with E-state index in [4.69, 9.17) is 9.47 Å². The molecular formula is C24H19NO5. The average Bonchev–Trinajstić information content (AvgIpc) is 2.78. The molecule has 0 atom stereocenters. The van der Waals surface area contributed by atoms with Crippen molar-refractivity contribution in [3.05, 3.63) is 118 Å². The lowest BCUT2D eigenvalue weighted by Gasteiger charge is -2.09. The second-order valence-corrected chi connectivity index (χ2v) is 6.21. The van der Waals surface area contributed by atoms with Gasteiger partial charge in [-0.2, -0.15) is 0 Å². The molecule has 0 amide bonds. The van der Waals surface area contributed by atoms with Crippen LogP contribution in [0.25, 0.3) is 5.57 Å². The summed E-state index contributed by atoms with van der Waals surface area (Å²) in [5, 5.41) is 10.7. The Hall–Kier alpha value is -4.19. The number of rotatable bonds is 7. The molecule has 0 N–H and O–H groups in total. The second-order valence-electron chi connectivity index (χ2n) is 6.21. The van der Waals surface area contributed by atoms with E-state index in [2.05, 4.69) is 0 Å². The van der Waals surface area contributed by atoms with Crippen molar-refractivity contribution in [1.82, 2.24) is 0 Å². The van der Waals surface area contributed by atoms with E-state index in [0.29, 0.717) is 0 Å². The number of benzene rings is 3. The lowest BCUT2D eigenvalue weighted by atomic mass is 9.97. The molecule has 3 aromatic carbocycles. The highest BCUT2D eigenvalue weighted by Crippen LogP contribution is 2.25. The first-order valence-corrected chi connectivity index (χ1v) is 9.11. The molecule has 0 aliphatic rings. The Morgan fingerprint density at radius 3 is 2.07 bits per heavy atom. The van der Waals surface area contributed by atoms with Crippen LogP contribution < -0.4 is 9.47 Å². The first-order chi connectivity index (χ1) is 14.6. The van der Waals surface area contributed by atoms with Gasteiger partial charge in [0.05, 0.1) is 12.0 Å². The number of allylic oxidation sites excluding steroid dienone is 2. The van der Waals surface area contributed by atoms with Crippen LogP contribution in [-0.4, -0.2) is 18.0 Å². The van der Waals surface area contributed by atoms with Gasteiger partial charge < -0.3 is 9.47 Å². The van der Waals surface area contributed by atoms with E-state index in [9.17, 15) is 14.9 Å². The van der Waals surface area contributed by atoms with Crippen molar-refractivity contribution >= 4 is 17.2 Å². The van der Waals surface area contributed by atoms with Crippen molar-refractivity contribution in [2.45, 2.75) is 0 Å². The van der Waals surface area contributed by atoms with Crippen LogP contribution >= 0.6 is 0 Å². The van der Waals surface area contributed by atoms with E-state index in [1.807, 2.05) is 60.7 Å². The van der Waals surface area contributed by atoms with Gasteiger partial charge in [-0.05, 0) is 41.0 Å². The number of carbonyl (C=O) groups excluding carboxylic acids is 1. The van der Waals surface area contributed by atoms with E-state index in [1.54, 1.807) is 13.2 Å². The molecule has 30 heavy (non-hydrogen) atoms. The average molecular weight is 401 g/mol. The Bertz CT molecular complexity index is 1070. The maximum absolute atomic E-state index is 12.1. The van der Waals surface area contributed by atoms with Gasteiger partial charge in [-0.15, -0.1) is 0 Å². The number of hydrogen-bond donors (Lipinski definition) is 0. The molecule has 0 heterocycles. The van der Waals surface area contributed by atoms with Crippen LogP contribution in [-0.2, 0) is 4.79 Å². The molecule has 0 aliphatic carbocycles. The fourth-order valence-corrected chi connectivity index (χ4v) is 2.76. The minimum absolute atomic E-state index is 0.0692. The highest BCUT2D eigenvalue weighted by atomic mass is 16.6. The Morgan fingerprint density at radius 2 is 1.47 bits per heavy atom. The summed E-state index contributed by atoms with van der Waals surface area (Å²) >= 11 is 0. The summed E-state index contributed by atoms with van der Waals surface area (Å²) in [5.74, 6) is 0.410. The monoisotopic (exact) mass is 401 g/mol. The van der Waals surface area contributed by atoms with E-state index >= 15 is 0 Å². The van der Waals surface area contributed by atoms with Crippen LogP contribution in [0, 0.1) is 10.1 Å². The normalized spacial score (nSPS) is 11.3. The fourth-order valence-electron chi connectivity index (χ4n) is 2.76. The molecule has 3 rings (SSSR count). The quantitative estimate of drug-likeness (QED) is 0.136. The van der Waals surface area contributed by atoms with Gasteiger partial charge in [0, 0.05) is 18.2 Å². The first-order valence-electron chi connectivity index (χ1n) is 9.11. The predicted molar refractivity (Wildman–Crippen MR) is 114 cm³/mol. The highest BCUT2D eigenvalue weighted by molar-refractivity contribution is 5.86. The largest absolute Gasteiger partial charge is 0.497 e. The number of esters is 1. The van der Waals surface area contributed by atoms with Crippen molar-refractivity contribution < 1.29 is 19.2 Å².